The van der Waals surface area contributed by atoms with Gasteiger partial charge in [0.15, 0.2) is 5.69 Å². The summed E-state index contributed by atoms with van der Waals surface area (Å²) in [6, 6.07) is 5.21. The van der Waals surface area contributed by atoms with Crippen LogP contribution in [0.5, 0.6) is 11.5 Å². The molecule has 28 heavy (non-hydrogen) atoms. The normalized spacial score (nSPS) is 11.0. The molecule has 2 heterocycles. The van der Waals surface area contributed by atoms with E-state index in [-0.39, 0.29) is 17.3 Å². The number of nitrogen functional groups attached to an aromatic ring is 1. The zero-order valence-corrected chi connectivity index (χ0v) is 15.4. The predicted molar refractivity (Wildman–Crippen MR) is 97.6 cm³/mol. The van der Waals surface area contributed by atoms with Crippen molar-refractivity contribution in [2.45, 2.75) is 13.3 Å². The molecule has 0 aliphatic heterocycles. The van der Waals surface area contributed by atoms with E-state index in [9.17, 15) is 4.79 Å². The number of aromatic nitrogens is 5. The first-order chi connectivity index (χ1) is 13.6. The molecule has 12 nitrogen and oxygen atoms in total. The van der Waals surface area contributed by atoms with Gasteiger partial charge in [-0.25, -0.2) is 10.1 Å². The van der Waals surface area contributed by atoms with E-state index >= 15 is 0 Å². The van der Waals surface area contributed by atoms with Crippen molar-refractivity contribution in [3.63, 3.8) is 0 Å². The van der Waals surface area contributed by atoms with Crippen LogP contribution in [0.25, 0.3) is 5.82 Å². The molecule has 3 aromatic rings. The summed E-state index contributed by atoms with van der Waals surface area (Å²) < 4.78 is 16.3. The molecule has 0 radical (unpaired) electrons. The number of anilines is 1. The van der Waals surface area contributed by atoms with E-state index < -0.39 is 5.91 Å². The lowest BCUT2D eigenvalue weighted by Gasteiger charge is -2.06. The lowest BCUT2D eigenvalue weighted by molar-refractivity contribution is 0.0949. The minimum absolute atomic E-state index is 0.0381. The smallest absolute Gasteiger partial charge is 0.293 e. The first kappa shape index (κ1) is 18.8. The molecule has 0 atom stereocenters. The van der Waals surface area contributed by atoms with Crippen molar-refractivity contribution in [2.24, 2.45) is 5.10 Å². The van der Waals surface area contributed by atoms with Crippen molar-refractivity contribution in [1.29, 1.82) is 0 Å². The number of nitrogens with two attached hydrogens (primary N) is 1. The third kappa shape index (κ3) is 3.60. The van der Waals surface area contributed by atoms with E-state index in [1.807, 2.05) is 6.92 Å². The molecule has 1 aromatic carbocycles. The van der Waals surface area contributed by atoms with Crippen molar-refractivity contribution in [2.75, 3.05) is 20.0 Å². The van der Waals surface area contributed by atoms with Gasteiger partial charge in [0.05, 0.1) is 26.1 Å². The molecule has 0 aliphatic carbocycles. The topological polar surface area (TPSA) is 156 Å². The van der Waals surface area contributed by atoms with Crippen LogP contribution in [0, 0.1) is 0 Å². The van der Waals surface area contributed by atoms with E-state index in [4.69, 9.17) is 15.2 Å². The first-order valence-corrected chi connectivity index (χ1v) is 8.17. The lowest BCUT2D eigenvalue weighted by Crippen LogP contribution is -2.20. The third-order valence-electron chi connectivity index (χ3n) is 3.82. The number of rotatable bonds is 7. The molecule has 0 spiro atoms. The van der Waals surface area contributed by atoms with Crippen LogP contribution >= 0.6 is 0 Å². The summed E-state index contributed by atoms with van der Waals surface area (Å²) in [5.41, 5.74) is 9.31. The lowest BCUT2D eigenvalue weighted by atomic mass is 10.2. The van der Waals surface area contributed by atoms with Gasteiger partial charge in [-0.3, -0.25) is 4.79 Å². The van der Waals surface area contributed by atoms with Gasteiger partial charge < -0.3 is 15.2 Å². The van der Waals surface area contributed by atoms with E-state index in [0.29, 0.717) is 29.2 Å². The van der Waals surface area contributed by atoms with Gasteiger partial charge in [0.25, 0.3) is 5.91 Å². The molecule has 0 aliphatic rings. The first-order valence-electron chi connectivity index (χ1n) is 8.17. The maximum absolute atomic E-state index is 12.5. The number of hydrogen-bond donors (Lipinski definition) is 2. The Morgan fingerprint density at radius 2 is 2.18 bits per heavy atom. The molecule has 0 saturated heterocycles. The highest BCUT2D eigenvalue weighted by Gasteiger charge is 2.22. The average molecular weight is 386 g/mol. The Morgan fingerprint density at radius 1 is 1.36 bits per heavy atom. The van der Waals surface area contributed by atoms with Crippen LogP contribution in [0.1, 0.15) is 28.7 Å². The van der Waals surface area contributed by atoms with E-state index in [0.717, 1.165) is 0 Å². The Kier molecular flexibility index (Phi) is 5.48. The van der Waals surface area contributed by atoms with Crippen LogP contribution in [-0.4, -0.2) is 51.6 Å². The van der Waals surface area contributed by atoms with Crippen molar-refractivity contribution in [3.05, 3.63) is 35.2 Å². The van der Waals surface area contributed by atoms with E-state index in [2.05, 4.69) is 35.8 Å². The molecule has 12 heteroatoms. The molecule has 0 saturated carbocycles. The van der Waals surface area contributed by atoms with Crippen molar-refractivity contribution in [1.82, 2.24) is 30.7 Å². The maximum atomic E-state index is 12.5. The largest absolute Gasteiger partial charge is 0.497 e. The quantitative estimate of drug-likeness (QED) is 0.438. The summed E-state index contributed by atoms with van der Waals surface area (Å²) in [6.45, 7) is 1.83. The van der Waals surface area contributed by atoms with Crippen LogP contribution in [0.15, 0.2) is 27.9 Å². The molecule has 2 aromatic heterocycles. The number of hydrazone groups is 1. The van der Waals surface area contributed by atoms with Gasteiger partial charge >= 0.3 is 0 Å². The second-order valence-electron chi connectivity index (χ2n) is 5.43. The number of carbonyl (C=O) groups is 1. The SMILES string of the molecule is CCc1c(C(=O)NN=Cc2ccc(OC)cc2OC)nnn1-c1nonc1N. The fourth-order valence-electron chi connectivity index (χ4n) is 2.44. The zero-order valence-electron chi connectivity index (χ0n) is 15.4. The number of amides is 1. The molecular formula is C16H18N8O4. The number of nitrogens with zero attached hydrogens (tertiary/aromatic N) is 6. The van der Waals surface area contributed by atoms with Crippen LogP contribution in [-0.2, 0) is 6.42 Å². The van der Waals surface area contributed by atoms with Crippen LogP contribution in [0.4, 0.5) is 5.82 Å². The number of carbonyl (C=O) groups excluding carboxylic acids is 1. The van der Waals surface area contributed by atoms with Gasteiger partial charge in [-0.1, -0.05) is 12.1 Å². The van der Waals surface area contributed by atoms with Gasteiger partial charge in [0.2, 0.25) is 11.6 Å². The number of ether oxygens (including phenoxy) is 2. The Morgan fingerprint density at radius 3 is 2.82 bits per heavy atom. The molecule has 0 unspecified atom stereocenters. The molecule has 146 valence electrons. The van der Waals surface area contributed by atoms with Gasteiger partial charge in [0, 0.05) is 11.6 Å². The number of hydrogen-bond acceptors (Lipinski definition) is 10. The highest BCUT2D eigenvalue weighted by atomic mass is 16.6. The van der Waals surface area contributed by atoms with Gasteiger partial charge in [-0.15, -0.1) is 5.10 Å². The molecule has 3 rings (SSSR count). The Balaban J connectivity index is 1.78. The second kappa shape index (κ2) is 8.16. The Bertz CT molecular complexity index is 1010. The molecule has 0 bridgehead atoms. The fourth-order valence-corrected chi connectivity index (χ4v) is 2.44. The Hall–Kier alpha value is -3.96. The third-order valence-corrected chi connectivity index (χ3v) is 3.82. The second-order valence-corrected chi connectivity index (χ2v) is 5.43. The molecule has 0 fully saturated rings. The minimum atomic E-state index is -0.540. The minimum Gasteiger partial charge on any atom is -0.497 e. The van der Waals surface area contributed by atoms with E-state index in [1.165, 1.54) is 18.0 Å². The highest BCUT2D eigenvalue weighted by molar-refractivity contribution is 5.94. The summed E-state index contributed by atoms with van der Waals surface area (Å²) in [7, 11) is 3.09. The van der Waals surface area contributed by atoms with Gasteiger partial charge in [0.1, 0.15) is 11.5 Å². The van der Waals surface area contributed by atoms with Crippen LogP contribution in [0.3, 0.4) is 0 Å². The predicted octanol–water partition coefficient (Wildman–Crippen LogP) is 0.576. The van der Waals surface area contributed by atoms with Gasteiger partial charge in [-0.2, -0.15) is 9.78 Å². The maximum Gasteiger partial charge on any atom is 0.293 e. The summed E-state index contributed by atoms with van der Waals surface area (Å²) in [5, 5.41) is 18.9. The number of benzene rings is 1. The number of methoxy groups -OCH3 is 2. The summed E-state index contributed by atoms with van der Waals surface area (Å²) in [6.07, 6.45) is 1.89. The summed E-state index contributed by atoms with van der Waals surface area (Å²) in [5.74, 6) is 0.850. The molecule has 3 N–H and O–H groups in total. The van der Waals surface area contributed by atoms with E-state index in [1.54, 1.807) is 25.3 Å². The summed E-state index contributed by atoms with van der Waals surface area (Å²) >= 11 is 0. The van der Waals surface area contributed by atoms with Crippen molar-refractivity contribution >= 4 is 17.9 Å². The van der Waals surface area contributed by atoms with Crippen LogP contribution in [0.2, 0.25) is 0 Å². The van der Waals surface area contributed by atoms with Gasteiger partial charge in [-0.05, 0) is 28.9 Å². The van der Waals surface area contributed by atoms with Crippen molar-refractivity contribution in [3.8, 4) is 17.3 Å². The Labute approximate surface area is 159 Å². The monoisotopic (exact) mass is 386 g/mol. The van der Waals surface area contributed by atoms with Crippen LogP contribution < -0.4 is 20.6 Å². The van der Waals surface area contributed by atoms with Crippen molar-refractivity contribution < 1.29 is 18.9 Å². The highest BCUT2D eigenvalue weighted by Crippen LogP contribution is 2.23. The standard InChI is InChI=1S/C16H18N8O4/c1-4-11-13(19-23-24(11)15-14(17)21-28-22-15)16(25)20-18-8-9-5-6-10(26-2)7-12(9)27-3/h5-8H,4H2,1-3H3,(H2,17,21)(H,20,25). The average Bonchev–Trinajstić information content (AvgIpc) is 3.33. The number of nitrogens with one attached hydrogen (secondary N) is 1. The fraction of sp³-hybridized carbons (Fsp3) is 0.250. The zero-order chi connectivity index (χ0) is 20.1. The molecular weight excluding hydrogens is 368 g/mol. The molecule has 1 amide bonds. The summed E-state index contributed by atoms with van der Waals surface area (Å²) in [4.78, 5) is 12.5.